The van der Waals surface area contributed by atoms with E-state index in [0.29, 0.717) is 5.41 Å². The molecule has 1 heterocycles. The highest BCUT2D eigenvalue weighted by Gasteiger charge is 2.29. The van der Waals surface area contributed by atoms with Gasteiger partial charge in [-0.15, -0.1) is 0 Å². The van der Waals surface area contributed by atoms with Crippen molar-refractivity contribution in [2.75, 3.05) is 6.54 Å². The maximum Gasteiger partial charge on any atom is 0.125 e. The lowest BCUT2D eigenvalue weighted by Crippen LogP contribution is -2.33. The van der Waals surface area contributed by atoms with Crippen LogP contribution in [0.15, 0.2) is 53.1 Å². The summed E-state index contributed by atoms with van der Waals surface area (Å²) >= 11 is 0. The smallest absolute Gasteiger partial charge is 0.125 e. The third-order valence-electron chi connectivity index (χ3n) is 4.50. The molecule has 0 spiro atoms. The van der Waals surface area contributed by atoms with Gasteiger partial charge < -0.3 is 9.73 Å². The number of hydrogen-bond donors (Lipinski definition) is 1. The van der Waals surface area contributed by atoms with Crippen LogP contribution in [0.25, 0.3) is 0 Å². The van der Waals surface area contributed by atoms with Gasteiger partial charge in [-0.05, 0) is 36.0 Å². The summed E-state index contributed by atoms with van der Waals surface area (Å²) in [5.74, 6) is 0.998. The minimum atomic E-state index is 0.156. The zero-order valence-electron chi connectivity index (χ0n) is 12.1. The molecule has 1 saturated carbocycles. The maximum atomic E-state index is 5.64. The van der Waals surface area contributed by atoms with Gasteiger partial charge in [0.25, 0.3) is 0 Å². The Labute approximate surface area is 121 Å². The molecule has 1 aliphatic carbocycles. The summed E-state index contributed by atoms with van der Waals surface area (Å²) in [6, 6.07) is 14.7. The summed E-state index contributed by atoms with van der Waals surface area (Å²) in [7, 11) is 0. The van der Waals surface area contributed by atoms with Gasteiger partial charge in [0.2, 0.25) is 0 Å². The predicted octanol–water partition coefficient (Wildman–Crippen LogP) is 4.54. The van der Waals surface area contributed by atoms with Crippen LogP contribution in [0.1, 0.15) is 50.0 Å². The van der Waals surface area contributed by atoms with Crippen LogP contribution in [0, 0.1) is 5.41 Å². The van der Waals surface area contributed by atoms with Crippen molar-refractivity contribution in [1.82, 2.24) is 5.32 Å². The molecule has 2 heteroatoms. The molecule has 20 heavy (non-hydrogen) atoms. The van der Waals surface area contributed by atoms with Gasteiger partial charge >= 0.3 is 0 Å². The van der Waals surface area contributed by atoms with Crippen molar-refractivity contribution in [1.29, 1.82) is 0 Å². The van der Waals surface area contributed by atoms with E-state index in [1.807, 2.05) is 6.07 Å². The largest absolute Gasteiger partial charge is 0.467 e. The number of furan rings is 1. The topological polar surface area (TPSA) is 25.2 Å². The van der Waals surface area contributed by atoms with E-state index in [1.165, 1.54) is 31.2 Å². The van der Waals surface area contributed by atoms with E-state index in [2.05, 4.69) is 48.6 Å². The van der Waals surface area contributed by atoms with Crippen LogP contribution in [-0.2, 0) is 0 Å². The zero-order valence-corrected chi connectivity index (χ0v) is 12.1. The van der Waals surface area contributed by atoms with Crippen molar-refractivity contribution in [2.45, 2.75) is 38.6 Å². The molecular formula is C18H23NO. The second-order valence-electron chi connectivity index (χ2n) is 6.26. The summed E-state index contributed by atoms with van der Waals surface area (Å²) in [4.78, 5) is 0. The molecule has 0 aliphatic heterocycles. The molecule has 106 valence electrons. The summed E-state index contributed by atoms with van der Waals surface area (Å²) < 4.78 is 5.64. The van der Waals surface area contributed by atoms with Gasteiger partial charge in [0.05, 0.1) is 12.3 Å². The van der Waals surface area contributed by atoms with Crippen LogP contribution in [0.4, 0.5) is 0 Å². The Kier molecular flexibility index (Phi) is 3.93. The minimum Gasteiger partial charge on any atom is -0.467 e. The van der Waals surface area contributed by atoms with Gasteiger partial charge in [0.1, 0.15) is 5.76 Å². The van der Waals surface area contributed by atoms with Crippen LogP contribution in [0.5, 0.6) is 0 Å². The van der Waals surface area contributed by atoms with Crippen molar-refractivity contribution in [3.63, 3.8) is 0 Å². The molecule has 0 amide bonds. The van der Waals surface area contributed by atoms with E-state index >= 15 is 0 Å². The molecule has 1 aromatic carbocycles. The van der Waals surface area contributed by atoms with Crippen molar-refractivity contribution >= 4 is 0 Å². The molecular weight excluding hydrogens is 246 g/mol. The summed E-state index contributed by atoms with van der Waals surface area (Å²) in [6.45, 7) is 3.45. The van der Waals surface area contributed by atoms with Crippen molar-refractivity contribution in [3.05, 3.63) is 60.1 Å². The van der Waals surface area contributed by atoms with E-state index in [1.54, 1.807) is 6.26 Å². The van der Waals surface area contributed by atoms with Crippen LogP contribution < -0.4 is 5.32 Å². The van der Waals surface area contributed by atoms with E-state index in [-0.39, 0.29) is 6.04 Å². The normalized spacial score (nSPS) is 19.1. The second-order valence-corrected chi connectivity index (χ2v) is 6.26. The van der Waals surface area contributed by atoms with Crippen molar-refractivity contribution in [2.24, 2.45) is 5.41 Å². The first kappa shape index (κ1) is 13.4. The molecule has 2 aromatic rings. The van der Waals surface area contributed by atoms with Crippen LogP contribution in [-0.4, -0.2) is 6.54 Å². The SMILES string of the molecule is CC1(CNC(c2ccccc2)c2ccco2)CCCC1. The molecule has 1 atom stereocenters. The van der Waals surface area contributed by atoms with Gasteiger partial charge in [-0.2, -0.15) is 0 Å². The Balaban J connectivity index is 1.76. The molecule has 0 radical (unpaired) electrons. The fraction of sp³-hybridized carbons (Fsp3) is 0.444. The third kappa shape index (κ3) is 2.96. The molecule has 0 bridgehead atoms. The summed E-state index contributed by atoms with van der Waals surface area (Å²) in [5, 5.41) is 3.73. The highest BCUT2D eigenvalue weighted by atomic mass is 16.3. The quantitative estimate of drug-likeness (QED) is 0.862. The molecule has 0 saturated heterocycles. The Morgan fingerprint density at radius 1 is 1.10 bits per heavy atom. The molecule has 1 aromatic heterocycles. The van der Waals surface area contributed by atoms with Crippen LogP contribution in [0.2, 0.25) is 0 Å². The average molecular weight is 269 g/mol. The molecule has 1 unspecified atom stereocenters. The van der Waals surface area contributed by atoms with Crippen molar-refractivity contribution < 1.29 is 4.42 Å². The molecule has 3 rings (SSSR count). The van der Waals surface area contributed by atoms with Crippen LogP contribution in [0.3, 0.4) is 0 Å². The number of rotatable bonds is 5. The van der Waals surface area contributed by atoms with Gasteiger partial charge in [-0.25, -0.2) is 0 Å². The fourth-order valence-electron chi connectivity index (χ4n) is 3.24. The van der Waals surface area contributed by atoms with Crippen molar-refractivity contribution in [3.8, 4) is 0 Å². The molecule has 1 aliphatic rings. The van der Waals surface area contributed by atoms with E-state index in [9.17, 15) is 0 Å². The zero-order chi connectivity index (χ0) is 13.8. The molecule has 1 fully saturated rings. The van der Waals surface area contributed by atoms with E-state index < -0.39 is 0 Å². The first-order valence-corrected chi connectivity index (χ1v) is 7.59. The van der Waals surface area contributed by atoms with E-state index in [0.717, 1.165) is 12.3 Å². The lowest BCUT2D eigenvalue weighted by Gasteiger charge is -2.27. The Bertz CT molecular complexity index is 512. The van der Waals surface area contributed by atoms with Gasteiger partial charge in [-0.1, -0.05) is 50.1 Å². The highest BCUT2D eigenvalue weighted by molar-refractivity contribution is 5.26. The Morgan fingerprint density at radius 3 is 2.50 bits per heavy atom. The fourth-order valence-corrected chi connectivity index (χ4v) is 3.24. The summed E-state index contributed by atoms with van der Waals surface area (Å²) in [6.07, 6.45) is 7.16. The average Bonchev–Trinajstić information content (AvgIpc) is 3.13. The first-order valence-electron chi connectivity index (χ1n) is 7.59. The Morgan fingerprint density at radius 2 is 1.85 bits per heavy atom. The Hall–Kier alpha value is -1.54. The standard InChI is InChI=1S/C18H23NO/c1-18(11-5-6-12-18)14-19-17(16-10-7-13-20-16)15-8-3-2-4-9-15/h2-4,7-10,13,17,19H,5-6,11-12,14H2,1H3. The van der Waals surface area contributed by atoms with Crippen LogP contribution >= 0.6 is 0 Å². The van der Waals surface area contributed by atoms with E-state index in [4.69, 9.17) is 4.42 Å². The molecule has 2 nitrogen and oxygen atoms in total. The predicted molar refractivity (Wildman–Crippen MR) is 81.6 cm³/mol. The number of nitrogens with one attached hydrogen (secondary N) is 1. The van der Waals surface area contributed by atoms with Gasteiger partial charge in [0.15, 0.2) is 0 Å². The summed E-state index contributed by atoms with van der Waals surface area (Å²) in [5.41, 5.74) is 1.71. The molecule has 1 N–H and O–H groups in total. The van der Waals surface area contributed by atoms with Gasteiger partial charge in [0, 0.05) is 6.54 Å². The number of hydrogen-bond acceptors (Lipinski definition) is 2. The third-order valence-corrected chi connectivity index (χ3v) is 4.50. The lowest BCUT2D eigenvalue weighted by atomic mass is 9.88. The van der Waals surface area contributed by atoms with Gasteiger partial charge in [-0.3, -0.25) is 0 Å². The first-order chi connectivity index (χ1) is 9.77. The highest BCUT2D eigenvalue weighted by Crippen LogP contribution is 2.37. The number of benzene rings is 1. The minimum absolute atomic E-state index is 0.156. The lowest BCUT2D eigenvalue weighted by molar-refractivity contribution is 0.296. The second kappa shape index (κ2) is 5.84. The maximum absolute atomic E-state index is 5.64. The monoisotopic (exact) mass is 269 g/mol.